The maximum atomic E-state index is 11.3. The van der Waals surface area contributed by atoms with Crippen LogP contribution in [0.2, 0.25) is 0 Å². The smallest absolute Gasteiger partial charge is 0.159 e. The number of carbonyl (C=O) groups excluding carboxylic acids is 1. The summed E-state index contributed by atoms with van der Waals surface area (Å²) in [5.74, 6) is 0.124. The third-order valence-corrected chi connectivity index (χ3v) is 5.18. The maximum absolute atomic E-state index is 11.3. The second kappa shape index (κ2) is 7.23. The molecule has 0 radical (unpaired) electrons. The summed E-state index contributed by atoms with van der Waals surface area (Å²) < 4.78 is 0. The first kappa shape index (κ1) is 16.1. The highest BCUT2D eigenvalue weighted by molar-refractivity contribution is 7.09. The monoisotopic (exact) mass is 329 g/mol. The highest BCUT2D eigenvalue weighted by atomic mass is 32.1. The summed E-state index contributed by atoms with van der Waals surface area (Å²) in [6.45, 7) is 8.99. The van der Waals surface area contributed by atoms with Gasteiger partial charge in [0.2, 0.25) is 0 Å². The summed E-state index contributed by atoms with van der Waals surface area (Å²) >= 11 is 1.73. The lowest BCUT2D eigenvalue weighted by molar-refractivity contribution is 0.101. The first-order chi connectivity index (χ1) is 11.1. The van der Waals surface area contributed by atoms with Gasteiger partial charge in [-0.15, -0.1) is 11.3 Å². The molecule has 122 valence electrons. The number of hydrogen-bond acceptors (Lipinski definition) is 5. The van der Waals surface area contributed by atoms with Crippen LogP contribution in [0.1, 0.15) is 28.0 Å². The molecule has 0 unspecified atom stereocenters. The second-order valence-electron chi connectivity index (χ2n) is 6.04. The molecule has 1 fully saturated rings. The van der Waals surface area contributed by atoms with Gasteiger partial charge in [0.1, 0.15) is 0 Å². The van der Waals surface area contributed by atoms with E-state index in [0.717, 1.165) is 49.7 Å². The van der Waals surface area contributed by atoms with Crippen molar-refractivity contribution >= 4 is 22.8 Å². The Kier molecular flexibility index (Phi) is 5.08. The molecule has 23 heavy (non-hydrogen) atoms. The predicted octanol–water partition coefficient (Wildman–Crippen LogP) is 3.02. The lowest BCUT2D eigenvalue weighted by atomic mass is 10.1. The van der Waals surface area contributed by atoms with Crippen molar-refractivity contribution in [2.24, 2.45) is 0 Å². The number of piperazine rings is 1. The highest BCUT2D eigenvalue weighted by Crippen LogP contribution is 2.18. The molecule has 2 heterocycles. The van der Waals surface area contributed by atoms with Crippen LogP contribution in [0.15, 0.2) is 29.6 Å². The number of Topliss-reactive ketones (excluding diaryl/α,β-unsaturated/α-hetero) is 1. The van der Waals surface area contributed by atoms with E-state index in [1.807, 2.05) is 12.1 Å². The largest absolute Gasteiger partial charge is 0.369 e. The number of carbonyl (C=O) groups is 1. The zero-order valence-corrected chi connectivity index (χ0v) is 14.6. The number of thiazole rings is 1. The summed E-state index contributed by atoms with van der Waals surface area (Å²) in [7, 11) is 0. The second-order valence-corrected chi connectivity index (χ2v) is 7.10. The van der Waals surface area contributed by atoms with Gasteiger partial charge in [-0.25, -0.2) is 4.98 Å². The average molecular weight is 329 g/mol. The lowest BCUT2D eigenvalue weighted by Gasteiger charge is -2.36. The Balaban J connectivity index is 1.49. The molecular weight excluding hydrogens is 306 g/mol. The number of hydrogen-bond donors (Lipinski definition) is 0. The third kappa shape index (κ3) is 4.18. The Morgan fingerprint density at radius 1 is 1.17 bits per heavy atom. The summed E-state index contributed by atoms with van der Waals surface area (Å²) in [6.07, 6.45) is 1.04. The number of rotatable bonds is 5. The molecule has 1 aliphatic heterocycles. The number of anilines is 1. The fourth-order valence-electron chi connectivity index (χ4n) is 2.93. The highest BCUT2D eigenvalue weighted by Gasteiger charge is 2.17. The molecule has 1 aromatic carbocycles. The first-order valence-electron chi connectivity index (χ1n) is 8.11. The molecule has 0 aliphatic carbocycles. The van der Waals surface area contributed by atoms with Crippen LogP contribution in [0.3, 0.4) is 0 Å². The van der Waals surface area contributed by atoms with Gasteiger partial charge < -0.3 is 4.90 Å². The van der Waals surface area contributed by atoms with E-state index in [0.29, 0.717) is 0 Å². The van der Waals surface area contributed by atoms with E-state index in [-0.39, 0.29) is 5.78 Å². The van der Waals surface area contributed by atoms with Crippen LogP contribution in [0.25, 0.3) is 0 Å². The van der Waals surface area contributed by atoms with Crippen LogP contribution in [0, 0.1) is 6.92 Å². The van der Waals surface area contributed by atoms with Gasteiger partial charge in [-0.1, -0.05) is 0 Å². The summed E-state index contributed by atoms with van der Waals surface area (Å²) in [4.78, 5) is 20.8. The van der Waals surface area contributed by atoms with Gasteiger partial charge in [0.25, 0.3) is 0 Å². The van der Waals surface area contributed by atoms with Gasteiger partial charge >= 0.3 is 0 Å². The lowest BCUT2D eigenvalue weighted by Crippen LogP contribution is -2.47. The minimum Gasteiger partial charge on any atom is -0.369 e. The van der Waals surface area contributed by atoms with Crippen LogP contribution in [0.4, 0.5) is 5.69 Å². The summed E-state index contributed by atoms with van der Waals surface area (Å²) in [6, 6.07) is 7.97. The van der Waals surface area contributed by atoms with Crippen LogP contribution >= 0.6 is 11.3 Å². The molecule has 0 N–H and O–H groups in total. The number of aromatic nitrogens is 1. The topological polar surface area (TPSA) is 36.4 Å². The maximum Gasteiger partial charge on any atom is 0.159 e. The quantitative estimate of drug-likeness (QED) is 0.790. The Morgan fingerprint density at radius 2 is 1.87 bits per heavy atom. The molecule has 2 aromatic rings. The van der Waals surface area contributed by atoms with Crippen molar-refractivity contribution in [1.29, 1.82) is 0 Å². The van der Waals surface area contributed by atoms with Crippen molar-refractivity contribution in [3.8, 4) is 0 Å². The van der Waals surface area contributed by atoms with Crippen molar-refractivity contribution in [3.05, 3.63) is 45.9 Å². The van der Waals surface area contributed by atoms with Crippen LogP contribution in [-0.2, 0) is 6.42 Å². The molecule has 3 rings (SSSR count). The Morgan fingerprint density at radius 3 is 2.43 bits per heavy atom. The van der Waals surface area contributed by atoms with Crippen molar-refractivity contribution in [2.75, 3.05) is 37.6 Å². The van der Waals surface area contributed by atoms with Crippen LogP contribution in [-0.4, -0.2) is 48.4 Å². The zero-order chi connectivity index (χ0) is 16.2. The molecule has 1 aromatic heterocycles. The molecule has 0 atom stereocenters. The summed E-state index contributed by atoms with van der Waals surface area (Å²) in [5.41, 5.74) is 3.21. The Bertz CT molecular complexity index is 657. The normalized spacial score (nSPS) is 15.8. The van der Waals surface area contributed by atoms with Gasteiger partial charge in [-0.05, 0) is 38.1 Å². The van der Waals surface area contributed by atoms with Crippen molar-refractivity contribution < 1.29 is 4.79 Å². The van der Waals surface area contributed by atoms with Crippen LogP contribution < -0.4 is 4.90 Å². The molecule has 0 spiro atoms. The van der Waals surface area contributed by atoms with Gasteiger partial charge in [0.15, 0.2) is 5.78 Å². The van der Waals surface area contributed by atoms with E-state index in [4.69, 9.17) is 0 Å². The van der Waals surface area contributed by atoms with Gasteiger partial charge in [0.05, 0.1) is 10.7 Å². The molecular formula is C18H23N3OS. The molecule has 0 amide bonds. The fraction of sp³-hybridized carbons (Fsp3) is 0.444. The molecule has 5 heteroatoms. The van der Waals surface area contributed by atoms with E-state index in [1.165, 1.54) is 11.4 Å². The molecule has 1 saturated heterocycles. The predicted molar refractivity (Wildman–Crippen MR) is 95.7 cm³/mol. The Hall–Kier alpha value is -1.72. The van der Waals surface area contributed by atoms with E-state index < -0.39 is 0 Å². The minimum atomic E-state index is 0.124. The van der Waals surface area contributed by atoms with E-state index in [9.17, 15) is 4.79 Å². The van der Waals surface area contributed by atoms with E-state index >= 15 is 0 Å². The van der Waals surface area contributed by atoms with E-state index in [1.54, 1.807) is 18.3 Å². The van der Waals surface area contributed by atoms with Crippen LogP contribution in [0.5, 0.6) is 0 Å². The average Bonchev–Trinajstić information content (AvgIpc) is 2.99. The van der Waals surface area contributed by atoms with Crippen molar-refractivity contribution in [2.45, 2.75) is 20.3 Å². The molecule has 4 nitrogen and oxygen atoms in total. The zero-order valence-electron chi connectivity index (χ0n) is 13.8. The first-order valence-corrected chi connectivity index (χ1v) is 8.99. The standard InChI is InChI=1S/C18H23N3OS/c1-14(22)16-3-5-18(6-4-16)21-11-9-20(10-12-21)8-7-17-13-23-15(2)19-17/h3-6,13H,7-12H2,1-2H3. The number of aryl methyl sites for hydroxylation is 1. The number of ketones is 1. The Labute approximate surface area is 141 Å². The molecule has 0 saturated carbocycles. The third-order valence-electron chi connectivity index (χ3n) is 4.36. The van der Waals surface area contributed by atoms with E-state index in [2.05, 4.69) is 39.2 Å². The molecule has 1 aliphatic rings. The minimum absolute atomic E-state index is 0.124. The fourth-order valence-corrected chi connectivity index (χ4v) is 3.58. The number of nitrogens with zero attached hydrogens (tertiary/aromatic N) is 3. The van der Waals surface area contributed by atoms with Crippen molar-refractivity contribution in [3.63, 3.8) is 0 Å². The van der Waals surface area contributed by atoms with Gasteiger partial charge in [-0.3, -0.25) is 9.69 Å². The van der Waals surface area contributed by atoms with Gasteiger partial charge in [0, 0.05) is 55.8 Å². The van der Waals surface area contributed by atoms with Crippen molar-refractivity contribution in [1.82, 2.24) is 9.88 Å². The van der Waals surface area contributed by atoms with Gasteiger partial charge in [-0.2, -0.15) is 0 Å². The SMILES string of the molecule is CC(=O)c1ccc(N2CCN(CCc3csc(C)n3)CC2)cc1. The molecule has 0 bridgehead atoms. The summed E-state index contributed by atoms with van der Waals surface area (Å²) in [5, 5.41) is 3.32. The number of benzene rings is 1.